The Morgan fingerprint density at radius 1 is 1.03 bits per heavy atom. The van der Waals surface area contributed by atoms with Crippen molar-refractivity contribution in [1.29, 1.82) is 0 Å². The number of hydrogen-bond donors (Lipinski definition) is 1. The number of nitrogens with one attached hydrogen (secondary N) is 1. The lowest BCUT2D eigenvalue weighted by Crippen LogP contribution is -2.13. The van der Waals surface area contributed by atoms with Crippen LogP contribution in [0.15, 0.2) is 69.3 Å². The molecule has 2 aromatic carbocycles. The molecule has 2 aromatic heterocycles. The molecule has 2 heterocycles. The SMILES string of the molecule is Cc1ccc(N/N=C(\Sc2nnc(-c3ccccc3)o2)C(=O)c2sc(C)nc2C)cc1. The summed E-state index contributed by atoms with van der Waals surface area (Å²) in [6, 6.07) is 17.2. The van der Waals surface area contributed by atoms with E-state index >= 15 is 0 Å². The Bertz CT molecular complexity index is 1230. The quantitative estimate of drug-likeness (QED) is 0.136. The van der Waals surface area contributed by atoms with Gasteiger partial charge in [-0.3, -0.25) is 10.2 Å². The fourth-order valence-electron chi connectivity index (χ4n) is 2.73. The largest absolute Gasteiger partial charge is 0.411 e. The summed E-state index contributed by atoms with van der Waals surface area (Å²) in [4.78, 5) is 18.1. The Labute approximate surface area is 187 Å². The molecule has 31 heavy (non-hydrogen) atoms. The van der Waals surface area contributed by atoms with Crippen LogP contribution in [0.3, 0.4) is 0 Å². The predicted molar refractivity (Wildman–Crippen MR) is 124 cm³/mol. The van der Waals surface area contributed by atoms with Gasteiger partial charge in [0.25, 0.3) is 5.22 Å². The van der Waals surface area contributed by atoms with Crippen LogP contribution < -0.4 is 5.43 Å². The number of nitrogens with zero attached hydrogens (tertiary/aromatic N) is 4. The average Bonchev–Trinajstić information content (AvgIpc) is 3.38. The number of aryl methyl sites for hydroxylation is 3. The fourth-order valence-corrected chi connectivity index (χ4v) is 4.31. The molecule has 4 aromatic rings. The van der Waals surface area contributed by atoms with Crippen LogP contribution in [0.25, 0.3) is 11.5 Å². The van der Waals surface area contributed by atoms with Gasteiger partial charge in [-0.1, -0.05) is 35.9 Å². The molecule has 0 bridgehead atoms. The van der Waals surface area contributed by atoms with Crippen LogP contribution in [0.4, 0.5) is 5.69 Å². The molecule has 7 nitrogen and oxygen atoms in total. The summed E-state index contributed by atoms with van der Waals surface area (Å²) in [6.07, 6.45) is 0. The molecular weight excluding hydrogens is 430 g/mol. The second-order valence-electron chi connectivity index (χ2n) is 6.71. The number of carbonyl (C=O) groups excluding carboxylic acids is 1. The Morgan fingerprint density at radius 2 is 1.77 bits per heavy atom. The second-order valence-corrected chi connectivity index (χ2v) is 8.86. The molecule has 0 saturated carbocycles. The summed E-state index contributed by atoms with van der Waals surface area (Å²) in [5, 5.41) is 13.8. The number of Topliss-reactive ketones (excluding diaryl/α,β-unsaturated/α-hetero) is 1. The number of hydrazone groups is 1. The second kappa shape index (κ2) is 9.23. The van der Waals surface area contributed by atoms with E-state index in [0.29, 0.717) is 16.5 Å². The van der Waals surface area contributed by atoms with Crippen LogP contribution in [0.5, 0.6) is 0 Å². The summed E-state index contributed by atoms with van der Waals surface area (Å²) < 4.78 is 5.76. The van der Waals surface area contributed by atoms with Crippen molar-refractivity contribution < 1.29 is 9.21 Å². The summed E-state index contributed by atoms with van der Waals surface area (Å²) >= 11 is 2.36. The topological polar surface area (TPSA) is 93.3 Å². The highest BCUT2D eigenvalue weighted by Crippen LogP contribution is 2.27. The van der Waals surface area contributed by atoms with Crippen molar-refractivity contribution in [3.63, 3.8) is 0 Å². The maximum absolute atomic E-state index is 13.2. The zero-order valence-electron chi connectivity index (χ0n) is 17.1. The van der Waals surface area contributed by atoms with Gasteiger partial charge in [-0.05, 0) is 56.8 Å². The third kappa shape index (κ3) is 5.07. The van der Waals surface area contributed by atoms with Gasteiger partial charge in [-0.25, -0.2) is 4.98 Å². The number of aromatic nitrogens is 3. The fraction of sp³-hybridized carbons (Fsp3) is 0.136. The van der Waals surface area contributed by atoms with Crippen LogP contribution in [0.1, 0.15) is 25.9 Å². The van der Waals surface area contributed by atoms with Gasteiger partial charge in [0.2, 0.25) is 11.7 Å². The lowest BCUT2D eigenvalue weighted by atomic mass is 10.2. The van der Waals surface area contributed by atoms with E-state index in [1.54, 1.807) is 0 Å². The molecule has 0 aliphatic rings. The van der Waals surface area contributed by atoms with Crippen molar-refractivity contribution in [1.82, 2.24) is 15.2 Å². The first kappa shape index (κ1) is 21.0. The van der Waals surface area contributed by atoms with Gasteiger partial charge in [-0.15, -0.1) is 21.5 Å². The van der Waals surface area contributed by atoms with Crippen molar-refractivity contribution in [3.8, 4) is 11.5 Å². The first-order valence-electron chi connectivity index (χ1n) is 9.45. The molecule has 156 valence electrons. The predicted octanol–water partition coefficient (Wildman–Crippen LogP) is 5.52. The number of benzene rings is 2. The van der Waals surface area contributed by atoms with Gasteiger partial charge in [0.15, 0.2) is 5.04 Å². The number of hydrogen-bond acceptors (Lipinski definition) is 9. The van der Waals surface area contributed by atoms with Crippen molar-refractivity contribution in [2.75, 3.05) is 5.43 Å². The van der Waals surface area contributed by atoms with Gasteiger partial charge in [0.1, 0.15) is 4.88 Å². The van der Waals surface area contributed by atoms with E-state index in [9.17, 15) is 4.79 Å². The van der Waals surface area contributed by atoms with Gasteiger partial charge in [-0.2, -0.15) is 5.10 Å². The minimum atomic E-state index is -0.243. The van der Waals surface area contributed by atoms with Gasteiger partial charge < -0.3 is 4.42 Å². The summed E-state index contributed by atoms with van der Waals surface area (Å²) in [5.74, 6) is 0.137. The molecule has 0 radical (unpaired) electrons. The van der Waals surface area contributed by atoms with E-state index in [0.717, 1.165) is 33.6 Å². The molecule has 9 heteroatoms. The van der Waals surface area contributed by atoms with E-state index in [4.69, 9.17) is 4.42 Å². The highest BCUT2D eigenvalue weighted by molar-refractivity contribution is 8.15. The average molecular weight is 450 g/mol. The molecule has 0 fully saturated rings. The Morgan fingerprint density at radius 3 is 2.45 bits per heavy atom. The van der Waals surface area contributed by atoms with Crippen LogP contribution in [0.2, 0.25) is 0 Å². The van der Waals surface area contributed by atoms with Crippen molar-refractivity contribution in [2.24, 2.45) is 5.10 Å². The highest BCUT2D eigenvalue weighted by Gasteiger charge is 2.24. The molecular formula is C22H19N5O2S2. The minimum absolute atomic E-state index is 0.190. The Balaban J connectivity index is 1.62. The number of thiazole rings is 1. The first-order valence-corrected chi connectivity index (χ1v) is 11.1. The van der Waals surface area contributed by atoms with Crippen LogP contribution in [-0.4, -0.2) is 26.0 Å². The third-order valence-electron chi connectivity index (χ3n) is 4.25. The molecule has 0 aliphatic heterocycles. The lowest BCUT2D eigenvalue weighted by Gasteiger charge is -2.05. The number of rotatable bonds is 6. The molecule has 0 atom stereocenters. The van der Waals surface area contributed by atoms with E-state index in [1.807, 2.05) is 75.4 Å². The minimum Gasteiger partial charge on any atom is -0.411 e. The van der Waals surface area contributed by atoms with Gasteiger partial charge >= 0.3 is 0 Å². The normalized spacial score (nSPS) is 11.5. The van der Waals surface area contributed by atoms with E-state index in [2.05, 4.69) is 25.7 Å². The van der Waals surface area contributed by atoms with E-state index in [-0.39, 0.29) is 16.0 Å². The number of carbonyl (C=O) groups is 1. The van der Waals surface area contributed by atoms with Gasteiger partial charge in [0, 0.05) is 5.56 Å². The Hall–Kier alpha value is -3.30. The third-order valence-corrected chi connectivity index (χ3v) is 6.13. The Kier molecular flexibility index (Phi) is 6.24. The zero-order valence-corrected chi connectivity index (χ0v) is 18.8. The molecule has 0 unspecified atom stereocenters. The maximum atomic E-state index is 13.2. The van der Waals surface area contributed by atoms with Crippen LogP contribution in [0, 0.1) is 20.8 Å². The van der Waals surface area contributed by atoms with Crippen LogP contribution in [-0.2, 0) is 0 Å². The van der Waals surface area contributed by atoms with Gasteiger partial charge in [0.05, 0.1) is 16.4 Å². The van der Waals surface area contributed by atoms with E-state index in [1.165, 1.54) is 11.3 Å². The lowest BCUT2D eigenvalue weighted by molar-refractivity contribution is 0.107. The first-order chi connectivity index (χ1) is 15.0. The van der Waals surface area contributed by atoms with Crippen molar-refractivity contribution in [3.05, 3.63) is 75.7 Å². The van der Waals surface area contributed by atoms with Crippen LogP contribution >= 0.6 is 23.1 Å². The van der Waals surface area contributed by atoms with Crippen molar-refractivity contribution in [2.45, 2.75) is 26.0 Å². The maximum Gasteiger partial charge on any atom is 0.283 e. The standard InChI is InChI=1S/C22H19N5O2S2/c1-13-9-11-17(12-10-13)24-26-21(18(28)19-14(2)23-15(3)30-19)31-22-27-25-20(29-22)16-7-5-4-6-8-16/h4-12,24H,1-3H3/b26-21-. The van der Waals surface area contributed by atoms with Crippen molar-refractivity contribution >= 4 is 39.6 Å². The number of ketones is 1. The number of thioether (sulfide) groups is 1. The molecule has 1 N–H and O–H groups in total. The number of anilines is 1. The molecule has 0 spiro atoms. The van der Waals surface area contributed by atoms with E-state index < -0.39 is 0 Å². The molecule has 4 rings (SSSR count). The zero-order chi connectivity index (χ0) is 21.8. The summed E-state index contributed by atoms with van der Waals surface area (Å²) in [7, 11) is 0. The monoisotopic (exact) mass is 449 g/mol. The molecule has 0 saturated heterocycles. The molecule has 0 aliphatic carbocycles. The summed E-state index contributed by atoms with van der Waals surface area (Å²) in [5.41, 5.74) is 6.33. The smallest absolute Gasteiger partial charge is 0.283 e. The molecule has 0 amide bonds. The summed E-state index contributed by atoms with van der Waals surface area (Å²) in [6.45, 7) is 5.69. The highest BCUT2D eigenvalue weighted by atomic mass is 32.2.